The van der Waals surface area contributed by atoms with Crippen LogP contribution in [0.2, 0.25) is 0 Å². The molecule has 236 valence electrons. The molecule has 4 rings (SSSR count). The lowest BCUT2D eigenvalue weighted by Gasteiger charge is -2.22. The first kappa shape index (κ1) is 32.4. The fraction of sp³-hybridized carbons (Fsp3) is 0.320. The van der Waals surface area contributed by atoms with E-state index in [-0.39, 0.29) is 24.8 Å². The average Bonchev–Trinajstić information content (AvgIpc) is 2.93. The molecule has 2 N–H and O–H groups in total. The number of aryl methyl sites for hydroxylation is 1. The summed E-state index contributed by atoms with van der Waals surface area (Å²) in [4.78, 5) is 31.5. The molecule has 0 aliphatic heterocycles. The Morgan fingerprint density at radius 1 is 0.977 bits per heavy atom. The molecule has 44 heavy (non-hydrogen) atoms. The van der Waals surface area contributed by atoms with E-state index in [1.165, 1.54) is 12.3 Å². The molecule has 0 saturated heterocycles. The Morgan fingerprint density at radius 2 is 1.66 bits per heavy atom. The van der Waals surface area contributed by atoms with Gasteiger partial charge < -0.3 is 14.6 Å². The van der Waals surface area contributed by atoms with Gasteiger partial charge in [-0.3, -0.25) is 9.59 Å². The fourth-order valence-corrected chi connectivity index (χ4v) is 4.23. The van der Waals surface area contributed by atoms with E-state index in [4.69, 9.17) is 0 Å². The van der Waals surface area contributed by atoms with Crippen LogP contribution < -0.4 is 16.4 Å². The lowest BCUT2D eigenvalue weighted by Crippen LogP contribution is -2.32. The second kappa shape index (κ2) is 12.6. The summed E-state index contributed by atoms with van der Waals surface area (Å²) in [6.07, 6.45) is -7.62. The number of rotatable bonds is 10. The largest absolute Gasteiger partial charge is 0.423 e. The Bertz CT molecular complexity index is 1750. The van der Waals surface area contributed by atoms with Gasteiger partial charge in [-0.05, 0) is 30.4 Å². The SMILES string of the molecule is O=c1[nH]ncc(NC(CCCn2ccc3cc(-c4ncc(C(F)(F)F)cn4)c(F)c(F)c3c2=O)COC(F)F)c1C(F)(F)F. The molecule has 3 aromatic heterocycles. The summed E-state index contributed by atoms with van der Waals surface area (Å²) in [6, 6.07) is 0.919. The van der Waals surface area contributed by atoms with Gasteiger partial charge in [0, 0.05) is 31.2 Å². The van der Waals surface area contributed by atoms with Crippen molar-refractivity contribution in [3.63, 3.8) is 0 Å². The van der Waals surface area contributed by atoms with Crippen molar-refractivity contribution in [3.05, 3.63) is 80.4 Å². The van der Waals surface area contributed by atoms with Crippen molar-refractivity contribution >= 4 is 16.5 Å². The molecule has 0 amide bonds. The zero-order valence-electron chi connectivity index (χ0n) is 21.7. The molecule has 1 unspecified atom stereocenters. The van der Waals surface area contributed by atoms with E-state index in [2.05, 4.69) is 25.1 Å². The van der Waals surface area contributed by atoms with Crippen molar-refractivity contribution in [2.45, 2.75) is 44.4 Å². The molecule has 0 saturated carbocycles. The van der Waals surface area contributed by atoms with E-state index < -0.39 is 88.0 Å². The van der Waals surface area contributed by atoms with Gasteiger partial charge in [-0.15, -0.1) is 0 Å². The predicted octanol–water partition coefficient (Wildman–Crippen LogP) is 5.36. The van der Waals surface area contributed by atoms with E-state index in [1.54, 1.807) is 5.10 Å². The number of benzene rings is 1. The number of halogens is 10. The Kier molecular flexibility index (Phi) is 9.26. The number of H-pyrrole nitrogens is 1. The smallest absolute Gasteiger partial charge is 0.378 e. The number of hydrogen-bond donors (Lipinski definition) is 2. The quantitative estimate of drug-likeness (QED) is 0.225. The van der Waals surface area contributed by atoms with E-state index >= 15 is 4.39 Å². The molecule has 0 spiro atoms. The maximum atomic E-state index is 15.0. The van der Waals surface area contributed by atoms with Crippen molar-refractivity contribution in [2.75, 3.05) is 11.9 Å². The van der Waals surface area contributed by atoms with E-state index in [0.29, 0.717) is 18.6 Å². The first-order chi connectivity index (χ1) is 20.6. The molecular formula is C25H18F10N6O3. The highest BCUT2D eigenvalue weighted by Crippen LogP contribution is 2.33. The van der Waals surface area contributed by atoms with Gasteiger partial charge in [-0.2, -0.15) is 40.2 Å². The molecule has 0 aliphatic rings. The Labute approximate surface area is 238 Å². The lowest BCUT2D eigenvalue weighted by molar-refractivity contribution is -0.139. The first-order valence-corrected chi connectivity index (χ1v) is 12.3. The Hall–Kier alpha value is -4.55. The Balaban J connectivity index is 1.56. The molecule has 3 heterocycles. The number of nitrogens with one attached hydrogen (secondary N) is 2. The third-order valence-electron chi connectivity index (χ3n) is 6.24. The standard InChI is InChI=1S/C25H18F10N6O3/c26-18-14(20-36-7-12(8-37-20)24(30,31)32)6-11-3-5-41(22(43)16(11)19(18)27)4-1-2-13(10-44-23(28)29)39-15-9-38-40-21(42)17(15)25(33,34)35/h3,5-9,13,23H,1-2,4,10H2,(H2,39,40,42). The van der Waals surface area contributed by atoms with Crippen molar-refractivity contribution in [2.24, 2.45) is 0 Å². The zero-order valence-corrected chi connectivity index (χ0v) is 21.7. The monoisotopic (exact) mass is 640 g/mol. The molecule has 19 heteroatoms. The highest BCUT2D eigenvalue weighted by molar-refractivity contribution is 5.86. The maximum absolute atomic E-state index is 15.0. The molecule has 1 atom stereocenters. The van der Waals surface area contributed by atoms with Crippen LogP contribution >= 0.6 is 0 Å². The van der Waals surface area contributed by atoms with Gasteiger partial charge >= 0.3 is 19.0 Å². The minimum atomic E-state index is -5.12. The van der Waals surface area contributed by atoms with Crippen LogP contribution in [0.15, 0.2) is 46.5 Å². The maximum Gasteiger partial charge on any atom is 0.423 e. The second-order valence-electron chi connectivity index (χ2n) is 9.19. The summed E-state index contributed by atoms with van der Waals surface area (Å²) in [7, 11) is 0. The van der Waals surface area contributed by atoms with Gasteiger partial charge in [-0.25, -0.2) is 23.8 Å². The summed E-state index contributed by atoms with van der Waals surface area (Å²) < 4.78 is 139. The van der Waals surface area contributed by atoms with Crippen LogP contribution in [0.4, 0.5) is 49.6 Å². The molecule has 0 aliphatic carbocycles. The normalized spacial score (nSPS) is 13.1. The summed E-state index contributed by atoms with van der Waals surface area (Å²) in [5.41, 5.74) is -6.91. The van der Waals surface area contributed by atoms with Crippen LogP contribution in [0.25, 0.3) is 22.2 Å². The van der Waals surface area contributed by atoms with Crippen LogP contribution in [0, 0.1) is 11.6 Å². The minimum Gasteiger partial charge on any atom is -0.378 e. The Morgan fingerprint density at radius 3 is 2.27 bits per heavy atom. The van der Waals surface area contributed by atoms with Crippen LogP contribution in [0.3, 0.4) is 0 Å². The molecular weight excluding hydrogens is 622 g/mol. The minimum absolute atomic E-state index is 0.0881. The summed E-state index contributed by atoms with van der Waals surface area (Å²) in [6.45, 7) is -4.34. The second-order valence-corrected chi connectivity index (χ2v) is 9.19. The number of ether oxygens (including phenoxy) is 1. The number of anilines is 1. The number of aromatic nitrogens is 5. The van der Waals surface area contributed by atoms with Gasteiger partial charge in [0.15, 0.2) is 17.5 Å². The van der Waals surface area contributed by atoms with E-state index in [1.807, 2.05) is 0 Å². The van der Waals surface area contributed by atoms with Crippen molar-refractivity contribution in [1.29, 1.82) is 0 Å². The van der Waals surface area contributed by atoms with Gasteiger partial charge in [0.1, 0.15) is 5.56 Å². The van der Waals surface area contributed by atoms with Gasteiger partial charge in [0.25, 0.3) is 11.1 Å². The topological polar surface area (TPSA) is 115 Å². The van der Waals surface area contributed by atoms with Crippen molar-refractivity contribution in [3.8, 4) is 11.4 Å². The number of nitrogens with zero attached hydrogens (tertiary/aromatic N) is 4. The number of fused-ring (bicyclic) bond motifs is 1. The van der Waals surface area contributed by atoms with Crippen LogP contribution in [0.5, 0.6) is 0 Å². The zero-order chi connectivity index (χ0) is 32.4. The summed E-state index contributed by atoms with van der Waals surface area (Å²) >= 11 is 0. The van der Waals surface area contributed by atoms with Crippen LogP contribution in [-0.4, -0.2) is 44.0 Å². The molecule has 1 aromatic carbocycles. The lowest BCUT2D eigenvalue weighted by atomic mass is 10.1. The van der Waals surface area contributed by atoms with E-state index in [0.717, 1.165) is 10.6 Å². The predicted molar refractivity (Wildman–Crippen MR) is 133 cm³/mol. The van der Waals surface area contributed by atoms with Crippen molar-refractivity contribution < 1.29 is 48.6 Å². The first-order valence-electron chi connectivity index (χ1n) is 12.3. The number of alkyl halides is 8. The van der Waals surface area contributed by atoms with Gasteiger partial charge in [0.05, 0.1) is 35.0 Å². The summed E-state index contributed by atoms with van der Waals surface area (Å²) in [5.74, 6) is -3.81. The fourth-order valence-electron chi connectivity index (χ4n) is 4.23. The number of aromatic amines is 1. The molecule has 0 radical (unpaired) electrons. The molecule has 4 aromatic rings. The molecule has 0 bridgehead atoms. The van der Waals surface area contributed by atoms with Gasteiger partial charge in [-0.1, -0.05) is 0 Å². The number of hydrogen-bond acceptors (Lipinski definition) is 7. The number of pyridine rings is 1. The molecule has 9 nitrogen and oxygen atoms in total. The highest BCUT2D eigenvalue weighted by atomic mass is 19.4. The third kappa shape index (κ3) is 7.14. The molecule has 0 fully saturated rings. The summed E-state index contributed by atoms with van der Waals surface area (Å²) in [5, 5.41) is 6.33. The average molecular weight is 640 g/mol. The van der Waals surface area contributed by atoms with Crippen LogP contribution in [-0.2, 0) is 23.6 Å². The third-order valence-corrected chi connectivity index (χ3v) is 6.24. The van der Waals surface area contributed by atoms with E-state index in [9.17, 15) is 49.1 Å². The van der Waals surface area contributed by atoms with Crippen LogP contribution in [0.1, 0.15) is 24.0 Å². The van der Waals surface area contributed by atoms with Gasteiger partial charge in [0.2, 0.25) is 0 Å². The van der Waals surface area contributed by atoms with Crippen molar-refractivity contribution in [1.82, 2.24) is 24.7 Å². The highest BCUT2D eigenvalue weighted by Gasteiger charge is 2.38.